The quantitative estimate of drug-likeness (QED) is 0.640. The molecule has 0 atom stereocenters. The Morgan fingerprint density at radius 3 is 2.64 bits per heavy atom. The Morgan fingerprint density at radius 2 is 2.07 bits per heavy atom. The molecular weight excluding hydrogens is 184 g/mol. The van der Waals surface area contributed by atoms with E-state index in [0.717, 1.165) is 0 Å². The van der Waals surface area contributed by atoms with Crippen LogP contribution in [-0.4, -0.2) is 34.1 Å². The largest absolute Gasteiger partial charge is 0.394 e. The standard InChI is InChI=1S/C9H16N2O3/c1-2-10-3-4-11(9(10)13)5-7-14-8-6-12/h3-4,12H,2,5-8H2,1H3. The van der Waals surface area contributed by atoms with Gasteiger partial charge in [-0.2, -0.15) is 0 Å². The third-order valence-electron chi connectivity index (χ3n) is 1.97. The number of aliphatic hydroxyl groups excluding tert-OH is 1. The molecule has 0 spiro atoms. The van der Waals surface area contributed by atoms with Crippen molar-refractivity contribution < 1.29 is 9.84 Å². The van der Waals surface area contributed by atoms with Gasteiger partial charge in [-0.25, -0.2) is 4.79 Å². The maximum Gasteiger partial charge on any atom is 0.328 e. The minimum absolute atomic E-state index is 0.0138. The lowest BCUT2D eigenvalue weighted by atomic mass is 10.6. The number of aromatic nitrogens is 2. The molecule has 0 fully saturated rings. The summed E-state index contributed by atoms with van der Waals surface area (Å²) in [5, 5.41) is 8.46. The highest BCUT2D eigenvalue weighted by atomic mass is 16.5. The summed E-state index contributed by atoms with van der Waals surface area (Å²) < 4.78 is 8.29. The number of nitrogens with zero attached hydrogens (tertiary/aromatic N) is 2. The average Bonchev–Trinajstić information content (AvgIpc) is 2.55. The summed E-state index contributed by atoms with van der Waals surface area (Å²) in [5.41, 5.74) is -0.0138. The predicted molar refractivity (Wildman–Crippen MR) is 52.3 cm³/mol. The second kappa shape index (κ2) is 5.62. The number of aliphatic hydroxyl groups is 1. The molecule has 0 aliphatic rings. The first-order valence-electron chi connectivity index (χ1n) is 4.73. The summed E-state index contributed by atoms with van der Waals surface area (Å²) >= 11 is 0. The van der Waals surface area contributed by atoms with Gasteiger partial charge in [-0.1, -0.05) is 0 Å². The number of ether oxygens (including phenoxy) is 1. The van der Waals surface area contributed by atoms with Crippen molar-refractivity contribution in [3.05, 3.63) is 22.9 Å². The summed E-state index contributed by atoms with van der Waals surface area (Å²) in [7, 11) is 0. The summed E-state index contributed by atoms with van der Waals surface area (Å²) in [6, 6.07) is 0. The Hall–Kier alpha value is -1.07. The highest BCUT2D eigenvalue weighted by Gasteiger charge is 2.00. The van der Waals surface area contributed by atoms with Crippen LogP contribution in [-0.2, 0) is 17.8 Å². The second-order valence-corrected chi connectivity index (χ2v) is 2.90. The Balaban J connectivity index is 2.43. The van der Waals surface area contributed by atoms with E-state index in [0.29, 0.717) is 26.3 Å². The molecule has 1 heterocycles. The lowest BCUT2D eigenvalue weighted by molar-refractivity contribution is 0.0865. The fraction of sp³-hybridized carbons (Fsp3) is 0.667. The van der Waals surface area contributed by atoms with Gasteiger partial charge in [-0.3, -0.25) is 9.13 Å². The zero-order valence-corrected chi connectivity index (χ0v) is 8.35. The van der Waals surface area contributed by atoms with Gasteiger partial charge in [0.05, 0.1) is 26.4 Å². The molecule has 0 aromatic carbocycles. The highest BCUT2D eigenvalue weighted by Crippen LogP contribution is 1.86. The molecule has 5 nitrogen and oxygen atoms in total. The minimum atomic E-state index is -0.0138. The maximum absolute atomic E-state index is 11.5. The minimum Gasteiger partial charge on any atom is -0.394 e. The van der Waals surface area contributed by atoms with Crippen molar-refractivity contribution in [1.29, 1.82) is 0 Å². The van der Waals surface area contributed by atoms with Crippen LogP contribution in [0.15, 0.2) is 17.2 Å². The molecule has 5 heteroatoms. The molecule has 0 bridgehead atoms. The summed E-state index contributed by atoms with van der Waals surface area (Å²) in [6.07, 6.45) is 3.50. The van der Waals surface area contributed by atoms with Gasteiger partial charge < -0.3 is 9.84 Å². The first kappa shape index (κ1) is 11.0. The highest BCUT2D eigenvalue weighted by molar-refractivity contribution is 4.80. The third kappa shape index (κ3) is 2.71. The first-order valence-corrected chi connectivity index (χ1v) is 4.73. The Labute approximate surface area is 82.5 Å². The zero-order chi connectivity index (χ0) is 10.4. The van der Waals surface area contributed by atoms with Gasteiger partial charge in [0.25, 0.3) is 0 Å². The number of hydrogen-bond acceptors (Lipinski definition) is 3. The predicted octanol–water partition coefficient (Wildman–Crippen LogP) is -0.321. The van der Waals surface area contributed by atoms with E-state index >= 15 is 0 Å². The van der Waals surface area contributed by atoms with Crippen molar-refractivity contribution in [1.82, 2.24) is 9.13 Å². The van der Waals surface area contributed by atoms with Gasteiger partial charge >= 0.3 is 5.69 Å². The molecule has 0 aliphatic heterocycles. The number of imidazole rings is 1. The van der Waals surface area contributed by atoms with Crippen molar-refractivity contribution in [3.8, 4) is 0 Å². The van der Waals surface area contributed by atoms with Crippen molar-refractivity contribution in [2.24, 2.45) is 0 Å². The van der Waals surface area contributed by atoms with E-state index in [1.54, 1.807) is 21.5 Å². The SMILES string of the molecule is CCn1ccn(CCOCCO)c1=O. The van der Waals surface area contributed by atoms with Gasteiger partial charge in [0.1, 0.15) is 0 Å². The average molecular weight is 200 g/mol. The molecule has 1 rings (SSSR count). The molecule has 1 N–H and O–H groups in total. The topological polar surface area (TPSA) is 56.4 Å². The maximum atomic E-state index is 11.5. The first-order chi connectivity index (χ1) is 6.79. The van der Waals surface area contributed by atoms with Gasteiger partial charge in [0.15, 0.2) is 0 Å². The second-order valence-electron chi connectivity index (χ2n) is 2.90. The van der Waals surface area contributed by atoms with Gasteiger partial charge in [0.2, 0.25) is 0 Å². The molecule has 0 aliphatic carbocycles. The monoisotopic (exact) mass is 200 g/mol. The van der Waals surface area contributed by atoms with E-state index in [4.69, 9.17) is 9.84 Å². The molecule has 14 heavy (non-hydrogen) atoms. The lowest BCUT2D eigenvalue weighted by Gasteiger charge is -2.02. The number of aryl methyl sites for hydroxylation is 1. The summed E-state index contributed by atoms with van der Waals surface area (Å²) in [4.78, 5) is 11.5. The van der Waals surface area contributed by atoms with Crippen LogP contribution in [0.25, 0.3) is 0 Å². The van der Waals surface area contributed by atoms with Crippen LogP contribution >= 0.6 is 0 Å². The van der Waals surface area contributed by atoms with E-state index in [9.17, 15) is 4.79 Å². The Kier molecular flexibility index (Phi) is 4.42. The Bertz CT molecular complexity index is 316. The molecule has 0 amide bonds. The van der Waals surface area contributed by atoms with Crippen molar-refractivity contribution in [2.75, 3.05) is 19.8 Å². The summed E-state index contributed by atoms with van der Waals surface area (Å²) in [6.45, 7) is 3.94. The molecule has 1 aromatic rings. The third-order valence-corrected chi connectivity index (χ3v) is 1.97. The molecule has 1 aromatic heterocycles. The molecule has 0 saturated heterocycles. The van der Waals surface area contributed by atoms with E-state index in [2.05, 4.69) is 0 Å². The van der Waals surface area contributed by atoms with Gasteiger partial charge in [-0.15, -0.1) is 0 Å². The molecule has 0 radical (unpaired) electrons. The molecule has 0 saturated carbocycles. The van der Waals surface area contributed by atoms with E-state index in [1.165, 1.54) is 0 Å². The van der Waals surface area contributed by atoms with Gasteiger partial charge in [0, 0.05) is 18.9 Å². The fourth-order valence-electron chi connectivity index (χ4n) is 1.19. The van der Waals surface area contributed by atoms with Crippen molar-refractivity contribution >= 4 is 0 Å². The van der Waals surface area contributed by atoms with E-state index < -0.39 is 0 Å². The molecular formula is C9H16N2O3. The zero-order valence-electron chi connectivity index (χ0n) is 8.35. The normalized spacial score (nSPS) is 10.7. The lowest BCUT2D eigenvalue weighted by Crippen LogP contribution is -2.25. The number of rotatable bonds is 6. The van der Waals surface area contributed by atoms with Crippen LogP contribution in [0.4, 0.5) is 0 Å². The van der Waals surface area contributed by atoms with Crippen LogP contribution in [0, 0.1) is 0 Å². The van der Waals surface area contributed by atoms with Crippen LogP contribution in [0.5, 0.6) is 0 Å². The smallest absolute Gasteiger partial charge is 0.328 e. The van der Waals surface area contributed by atoms with Crippen molar-refractivity contribution in [2.45, 2.75) is 20.0 Å². The van der Waals surface area contributed by atoms with Crippen LogP contribution < -0.4 is 5.69 Å². The van der Waals surface area contributed by atoms with Crippen LogP contribution in [0.2, 0.25) is 0 Å². The fourth-order valence-corrected chi connectivity index (χ4v) is 1.19. The van der Waals surface area contributed by atoms with Crippen LogP contribution in [0.1, 0.15) is 6.92 Å². The van der Waals surface area contributed by atoms with Crippen molar-refractivity contribution in [3.63, 3.8) is 0 Å². The Morgan fingerprint density at radius 1 is 1.36 bits per heavy atom. The summed E-state index contributed by atoms with van der Waals surface area (Å²) in [5.74, 6) is 0. The van der Waals surface area contributed by atoms with E-state index in [1.807, 2.05) is 6.92 Å². The van der Waals surface area contributed by atoms with Crippen LogP contribution in [0.3, 0.4) is 0 Å². The molecule has 0 unspecified atom stereocenters. The van der Waals surface area contributed by atoms with Gasteiger partial charge in [-0.05, 0) is 6.92 Å². The van der Waals surface area contributed by atoms with E-state index in [-0.39, 0.29) is 12.3 Å². The molecule has 80 valence electrons. The number of hydrogen-bond donors (Lipinski definition) is 1.